The molecule has 0 saturated heterocycles. The van der Waals surface area contributed by atoms with Crippen molar-refractivity contribution >= 4 is 58.6 Å². The molecule has 11 heteroatoms. The molecule has 1 aliphatic rings. The summed E-state index contributed by atoms with van der Waals surface area (Å²) in [6, 6.07) is 1.87. The molecular weight excluding hydrogens is 407 g/mol. The average Bonchev–Trinajstić information content (AvgIpc) is 2.90. The minimum absolute atomic E-state index is 0. The standard InChI is InChI=1S/C14H14Cl2N6OS.ClH/c1-6-5-18-19-9-2-7(8-4-11(15)24-13(8)16)3-10(12(6)9)20-21-14(17)22-23;/h4-5,7,23H,2-3H2,1H3,(H3,17,21,22);1H. The number of rotatable bonds is 2. The Kier molecular flexibility index (Phi) is 6.59. The smallest absolute Gasteiger partial charge is 0.237 e. The van der Waals surface area contributed by atoms with Gasteiger partial charge in [0.1, 0.15) is 0 Å². The fraction of sp³-hybridized carbons (Fsp3) is 0.286. The van der Waals surface area contributed by atoms with Crippen LogP contribution in [0.25, 0.3) is 0 Å². The number of hydroxylamine groups is 1. The molecule has 0 spiro atoms. The summed E-state index contributed by atoms with van der Waals surface area (Å²) in [4.78, 5) is 0. The monoisotopic (exact) mass is 420 g/mol. The van der Waals surface area contributed by atoms with Crippen molar-refractivity contribution in [3.8, 4) is 0 Å². The summed E-state index contributed by atoms with van der Waals surface area (Å²) in [5.74, 6) is -0.121. The van der Waals surface area contributed by atoms with Crippen molar-refractivity contribution in [2.45, 2.75) is 25.7 Å². The predicted molar refractivity (Wildman–Crippen MR) is 102 cm³/mol. The third-order valence-electron chi connectivity index (χ3n) is 3.80. The number of halogens is 3. The van der Waals surface area contributed by atoms with Gasteiger partial charge in [-0.05, 0) is 42.9 Å². The van der Waals surface area contributed by atoms with E-state index in [-0.39, 0.29) is 24.3 Å². The molecule has 0 amide bonds. The van der Waals surface area contributed by atoms with Gasteiger partial charge < -0.3 is 5.73 Å². The molecule has 2 aromatic rings. The Morgan fingerprint density at radius 2 is 2.20 bits per heavy atom. The molecule has 1 atom stereocenters. The van der Waals surface area contributed by atoms with Crippen LogP contribution in [0.2, 0.25) is 8.67 Å². The quantitative estimate of drug-likeness (QED) is 0.391. The van der Waals surface area contributed by atoms with Crippen molar-refractivity contribution in [3.63, 3.8) is 0 Å². The lowest BCUT2D eigenvalue weighted by molar-refractivity contribution is 0.232. The number of nitrogens with one attached hydrogen (secondary N) is 1. The lowest BCUT2D eigenvalue weighted by Gasteiger charge is -2.25. The van der Waals surface area contributed by atoms with Crippen LogP contribution in [0.1, 0.15) is 34.7 Å². The number of fused-ring (bicyclic) bond motifs is 1. The van der Waals surface area contributed by atoms with Crippen LogP contribution in [0.5, 0.6) is 0 Å². The van der Waals surface area contributed by atoms with Gasteiger partial charge in [-0.25, -0.2) is 5.48 Å². The summed E-state index contributed by atoms with van der Waals surface area (Å²) in [6.07, 6.45) is 2.97. The Morgan fingerprint density at radius 3 is 2.84 bits per heavy atom. The number of hydrogen-bond donors (Lipinski definition) is 3. The van der Waals surface area contributed by atoms with E-state index >= 15 is 0 Å². The molecule has 3 rings (SSSR count). The third-order valence-corrected chi connectivity index (χ3v) is 5.31. The van der Waals surface area contributed by atoms with Crippen molar-refractivity contribution in [3.05, 3.63) is 43.3 Å². The topological polar surface area (TPSA) is 109 Å². The lowest BCUT2D eigenvalue weighted by atomic mass is 9.81. The third kappa shape index (κ3) is 4.21. The van der Waals surface area contributed by atoms with E-state index in [1.54, 1.807) is 11.7 Å². The van der Waals surface area contributed by atoms with Gasteiger partial charge >= 0.3 is 0 Å². The van der Waals surface area contributed by atoms with Crippen molar-refractivity contribution in [1.82, 2.24) is 15.7 Å². The van der Waals surface area contributed by atoms with Crippen LogP contribution in [0.3, 0.4) is 0 Å². The molecule has 0 saturated carbocycles. The van der Waals surface area contributed by atoms with E-state index in [4.69, 9.17) is 34.1 Å². The molecule has 4 N–H and O–H groups in total. The number of hydrogen-bond acceptors (Lipinski definition) is 6. The number of aryl methyl sites for hydroxylation is 1. The van der Waals surface area contributed by atoms with Crippen LogP contribution in [0, 0.1) is 6.92 Å². The van der Waals surface area contributed by atoms with E-state index in [0.717, 1.165) is 22.4 Å². The Labute approximate surface area is 164 Å². The van der Waals surface area contributed by atoms with Gasteiger partial charge in [-0.15, -0.1) is 28.8 Å². The van der Waals surface area contributed by atoms with Crippen molar-refractivity contribution < 1.29 is 5.21 Å². The van der Waals surface area contributed by atoms with Gasteiger partial charge in [0.2, 0.25) is 5.96 Å². The fourth-order valence-electron chi connectivity index (χ4n) is 2.78. The lowest BCUT2D eigenvalue weighted by Crippen LogP contribution is -2.28. The highest BCUT2D eigenvalue weighted by molar-refractivity contribution is 7.20. The van der Waals surface area contributed by atoms with Gasteiger partial charge in [0.15, 0.2) is 0 Å². The molecule has 1 aliphatic carbocycles. The second-order valence-corrected chi connectivity index (χ2v) is 7.66. The molecule has 2 aromatic heterocycles. The van der Waals surface area contributed by atoms with Crippen molar-refractivity contribution in [1.29, 1.82) is 0 Å². The van der Waals surface area contributed by atoms with Crippen molar-refractivity contribution in [2.75, 3.05) is 0 Å². The number of nitrogens with zero attached hydrogens (tertiary/aromatic N) is 4. The highest BCUT2D eigenvalue weighted by Gasteiger charge is 2.30. The number of aromatic nitrogens is 2. The molecule has 0 radical (unpaired) electrons. The van der Waals surface area contributed by atoms with E-state index in [9.17, 15) is 0 Å². The van der Waals surface area contributed by atoms with E-state index in [1.807, 2.05) is 13.0 Å². The zero-order valence-corrected chi connectivity index (χ0v) is 16.2. The first kappa shape index (κ1) is 19.9. The molecule has 0 aliphatic heterocycles. The molecule has 0 bridgehead atoms. The minimum Gasteiger partial charge on any atom is -0.367 e. The SMILES string of the molecule is Cc1cnnc2c1C(=N/N=C(/N)NO)CC(c1cc(Cl)sc1Cl)C2.Cl. The summed E-state index contributed by atoms with van der Waals surface area (Å²) in [5.41, 5.74) is 11.6. The van der Waals surface area contributed by atoms with Crippen LogP contribution >= 0.6 is 46.9 Å². The second kappa shape index (κ2) is 8.29. The molecule has 0 fully saturated rings. The summed E-state index contributed by atoms with van der Waals surface area (Å²) in [6.45, 7) is 1.94. The van der Waals surface area contributed by atoms with Crippen LogP contribution in [0.15, 0.2) is 22.5 Å². The first-order chi connectivity index (χ1) is 11.5. The van der Waals surface area contributed by atoms with Gasteiger partial charge in [-0.1, -0.05) is 23.2 Å². The average molecular weight is 422 g/mol. The first-order valence-corrected chi connectivity index (χ1v) is 8.63. The minimum atomic E-state index is -0.192. The van der Waals surface area contributed by atoms with E-state index < -0.39 is 0 Å². The summed E-state index contributed by atoms with van der Waals surface area (Å²) >= 11 is 13.7. The molecule has 0 aromatic carbocycles. The molecule has 25 heavy (non-hydrogen) atoms. The molecule has 1 unspecified atom stereocenters. The molecule has 134 valence electrons. The van der Waals surface area contributed by atoms with Crippen LogP contribution in [0.4, 0.5) is 0 Å². The Bertz CT molecular complexity index is 838. The zero-order valence-electron chi connectivity index (χ0n) is 13.0. The van der Waals surface area contributed by atoms with Crippen LogP contribution in [-0.2, 0) is 6.42 Å². The molecular formula is C14H15Cl3N6OS. The first-order valence-electron chi connectivity index (χ1n) is 7.06. The predicted octanol–water partition coefficient (Wildman–Crippen LogP) is 3.30. The Hall–Kier alpha value is -1.45. The van der Waals surface area contributed by atoms with Gasteiger partial charge in [0, 0.05) is 5.56 Å². The van der Waals surface area contributed by atoms with Gasteiger partial charge in [0.25, 0.3) is 0 Å². The maximum absolute atomic E-state index is 8.76. The number of thiophene rings is 1. The van der Waals surface area contributed by atoms with E-state index in [2.05, 4.69) is 20.4 Å². The largest absolute Gasteiger partial charge is 0.367 e. The van der Waals surface area contributed by atoms with E-state index in [1.165, 1.54) is 11.3 Å². The Balaban J connectivity index is 0.00000225. The van der Waals surface area contributed by atoms with Gasteiger partial charge in [-0.3, -0.25) is 5.21 Å². The van der Waals surface area contributed by atoms with E-state index in [0.29, 0.717) is 27.2 Å². The number of guanidine groups is 1. The maximum atomic E-state index is 8.76. The highest BCUT2D eigenvalue weighted by Crippen LogP contribution is 2.41. The highest BCUT2D eigenvalue weighted by atomic mass is 35.5. The maximum Gasteiger partial charge on any atom is 0.237 e. The Morgan fingerprint density at radius 1 is 1.44 bits per heavy atom. The zero-order chi connectivity index (χ0) is 17.3. The summed E-state index contributed by atoms with van der Waals surface area (Å²) < 4.78 is 1.30. The fourth-order valence-corrected chi connectivity index (χ4v) is 4.41. The van der Waals surface area contributed by atoms with Crippen LogP contribution < -0.4 is 11.2 Å². The van der Waals surface area contributed by atoms with Gasteiger partial charge in [-0.2, -0.15) is 15.3 Å². The van der Waals surface area contributed by atoms with Gasteiger partial charge in [0.05, 0.1) is 26.3 Å². The van der Waals surface area contributed by atoms with Crippen LogP contribution in [-0.4, -0.2) is 27.1 Å². The number of nitrogens with two attached hydrogens (primary N) is 1. The summed E-state index contributed by atoms with van der Waals surface area (Å²) in [7, 11) is 0. The van der Waals surface area contributed by atoms with Crippen molar-refractivity contribution in [2.24, 2.45) is 15.9 Å². The molecule has 7 nitrogen and oxygen atoms in total. The molecule has 2 heterocycles. The normalized spacial score (nSPS) is 18.6. The second-order valence-electron chi connectivity index (χ2n) is 5.38. The summed E-state index contributed by atoms with van der Waals surface area (Å²) in [5, 5.41) is 25.0.